The summed E-state index contributed by atoms with van der Waals surface area (Å²) in [7, 11) is 0. The first kappa shape index (κ1) is 13.0. The summed E-state index contributed by atoms with van der Waals surface area (Å²) in [6.45, 7) is 0.474. The molecule has 19 heavy (non-hydrogen) atoms. The van der Waals surface area contributed by atoms with Crippen LogP contribution in [0.4, 0.5) is 8.78 Å². The number of alkyl halides is 2. The Morgan fingerprint density at radius 2 is 1.68 bits per heavy atom. The second-order valence-electron chi connectivity index (χ2n) is 6.18. The zero-order chi connectivity index (χ0) is 13.5. The predicted octanol–water partition coefficient (Wildman–Crippen LogP) is 3.58. The SMILES string of the molecule is NCC1(c2ccc3c(c2)CCC3)CCC(F)(F)CC1. The molecular formula is C16H21F2N. The molecule has 2 aliphatic carbocycles. The van der Waals surface area contributed by atoms with Crippen LogP contribution >= 0.6 is 0 Å². The first-order chi connectivity index (χ1) is 9.05. The number of halogens is 2. The molecule has 0 aliphatic heterocycles. The van der Waals surface area contributed by atoms with Crippen molar-refractivity contribution in [3.63, 3.8) is 0 Å². The van der Waals surface area contributed by atoms with Crippen molar-refractivity contribution in [2.24, 2.45) is 5.73 Å². The lowest BCUT2D eigenvalue weighted by Gasteiger charge is -2.40. The van der Waals surface area contributed by atoms with Gasteiger partial charge in [0.05, 0.1) is 0 Å². The lowest BCUT2D eigenvalue weighted by atomic mass is 9.68. The molecule has 1 aromatic carbocycles. The molecule has 2 aliphatic rings. The second kappa shape index (κ2) is 4.55. The van der Waals surface area contributed by atoms with E-state index in [0.29, 0.717) is 19.4 Å². The van der Waals surface area contributed by atoms with E-state index in [1.807, 2.05) is 0 Å². The molecule has 104 valence electrons. The van der Waals surface area contributed by atoms with Gasteiger partial charge in [-0.1, -0.05) is 18.2 Å². The van der Waals surface area contributed by atoms with E-state index >= 15 is 0 Å². The van der Waals surface area contributed by atoms with Crippen LogP contribution in [0, 0.1) is 0 Å². The van der Waals surface area contributed by atoms with Crippen molar-refractivity contribution in [1.29, 1.82) is 0 Å². The summed E-state index contributed by atoms with van der Waals surface area (Å²) in [4.78, 5) is 0. The van der Waals surface area contributed by atoms with E-state index in [2.05, 4.69) is 18.2 Å². The van der Waals surface area contributed by atoms with Gasteiger partial charge in [-0.15, -0.1) is 0 Å². The minimum Gasteiger partial charge on any atom is -0.330 e. The van der Waals surface area contributed by atoms with Crippen LogP contribution in [0.15, 0.2) is 18.2 Å². The Morgan fingerprint density at radius 3 is 2.37 bits per heavy atom. The summed E-state index contributed by atoms with van der Waals surface area (Å²) >= 11 is 0. The van der Waals surface area contributed by atoms with Gasteiger partial charge in [0.15, 0.2) is 0 Å². The Kier molecular flexibility index (Phi) is 3.12. The third-order valence-corrected chi connectivity index (χ3v) is 5.04. The van der Waals surface area contributed by atoms with Crippen LogP contribution in [0.25, 0.3) is 0 Å². The van der Waals surface area contributed by atoms with Crippen LogP contribution in [0.1, 0.15) is 48.8 Å². The zero-order valence-corrected chi connectivity index (χ0v) is 11.2. The van der Waals surface area contributed by atoms with Gasteiger partial charge in [0.2, 0.25) is 5.92 Å². The van der Waals surface area contributed by atoms with E-state index < -0.39 is 5.92 Å². The van der Waals surface area contributed by atoms with Gasteiger partial charge in [0.1, 0.15) is 0 Å². The standard InChI is InChI=1S/C16H21F2N/c17-16(18)8-6-15(11-19,7-9-16)14-5-4-12-2-1-3-13(12)10-14/h4-5,10H,1-3,6-9,11,19H2. The van der Waals surface area contributed by atoms with Gasteiger partial charge < -0.3 is 5.73 Å². The van der Waals surface area contributed by atoms with E-state index in [1.165, 1.54) is 23.1 Å². The largest absolute Gasteiger partial charge is 0.330 e. The minimum absolute atomic E-state index is 0.0265. The summed E-state index contributed by atoms with van der Waals surface area (Å²) in [6.07, 6.45) is 4.46. The van der Waals surface area contributed by atoms with E-state index in [0.717, 1.165) is 12.8 Å². The Bertz CT molecular complexity index is 472. The fraction of sp³-hybridized carbons (Fsp3) is 0.625. The van der Waals surface area contributed by atoms with Gasteiger partial charge in [0, 0.05) is 24.8 Å². The first-order valence-electron chi connectivity index (χ1n) is 7.25. The number of aryl methyl sites for hydroxylation is 2. The predicted molar refractivity (Wildman–Crippen MR) is 72.6 cm³/mol. The van der Waals surface area contributed by atoms with Crippen LogP contribution in [0.2, 0.25) is 0 Å². The molecule has 2 N–H and O–H groups in total. The maximum Gasteiger partial charge on any atom is 0.248 e. The summed E-state index contributed by atoms with van der Waals surface area (Å²) in [5.74, 6) is -2.49. The highest BCUT2D eigenvalue weighted by Crippen LogP contribution is 2.45. The molecule has 0 saturated heterocycles. The summed E-state index contributed by atoms with van der Waals surface area (Å²) in [6, 6.07) is 6.54. The van der Waals surface area contributed by atoms with Crippen LogP contribution < -0.4 is 5.73 Å². The van der Waals surface area contributed by atoms with Crippen molar-refractivity contribution in [2.75, 3.05) is 6.54 Å². The Hall–Kier alpha value is -0.960. The highest BCUT2D eigenvalue weighted by atomic mass is 19.3. The lowest BCUT2D eigenvalue weighted by molar-refractivity contribution is -0.0509. The first-order valence-corrected chi connectivity index (χ1v) is 7.25. The topological polar surface area (TPSA) is 26.0 Å². The highest BCUT2D eigenvalue weighted by Gasteiger charge is 2.43. The number of fused-ring (bicyclic) bond motifs is 1. The minimum atomic E-state index is -2.49. The number of benzene rings is 1. The Morgan fingerprint density at radius 1 is 1.00 bits per heavy atom. The highest BCUT2D eigenvalue weighted by molar-refractivity contribution is 5.39. The van der Waals surface area contributed by atoms with Gasteiger partial charge >= 0.3 is 0 Å². The van der Waals surface area contributed by atoms with Crippen molar-refractivity contribution < 1.29 is 8.78 Å². The Balaban J connectivity index is 1.90. The molecular weight excluding hydrogens is 244 g/mol. The lowest BCUT2D eigenvalue weighted by Crippen LogP contribution is -2.42. The zero-order valence-electron chi connectivity index (χ0n) is 11.2. The fourth-order valence-corrected chi connectivity index (χ4v) is 3.61. The van der Waals surface area contributed by atoms with Crippen molar-refractivity contribution in [2.45, 2.75) is 56.3 Å². The van der Waals surface area contributed by atoms with Crippen molar-refractivity contribution in [1.82, 2.24) is 0 Å². The summed E-state index contributed by atoms with van der Waals surface area (Å²) in [5.41, 5.74) is 9.76. The number of hydrogen-bond donors (Lipinski definition) is 1. The molecule has 0 radical (unpaired) electrons. The van der Waals surface area contributed by atoms with Crippen LogP contribution in [-0.4, -0.2) is 12.5 Å². The third-order valence-electron chi connectivity index (χ3n) is 5.04. The molecule has 0 heterocycles. The molecule has 1 saturated carbocycles. The third kappa shape index (κ3) is 2.29. The molecule has 1 nitrogen and oxygen atoms in total. The average Bonchev–Trinajstić information content (AvgIpc) is 2.87. The molecule has 0 spiro atoms. The molecule has 0 atom stereocenters. The normalized spacial score (nSPS) is 24.2. The van der Waals surface area contributed by atoms with Gasteiger partial charge in [-0.25, -0.2) is 8.78 Å². The number of nitrogens with two attached hydrogens (primary N) is 1. The van der Waals surface area contributed by atoms with E-state index in [9.17, 15) is 8.78 Å². The van der Waals surface area contributed by atoms with Crippen LogP contribution in [0.3, 0.4) is 0 Å². The maximum atomic E-state index is 13.4. The van der Waals surface area contributed by atoms with E-state index in [-0.39, 0.29) is 18.3 Å². The van der Waals surface area contributed by atoms with E-state index in [4.69, 9.17) is 5.73 Å². The van der Waals surface area contributed by atoms with Crippen molar-refractivity contribution in [3.05, 3.63) is 34.9 Å². The molecule has 3 rings (SSSR count). The molecule has 1 aromatic rings. The number of hydrogen-bond acceptors (Lipinski definition) is 1. The molecule has 1 fully saturated rings. The van der Waals surface area contributed by atoms with E-state index in [1.54, 1.807) is 0 Å². The van der Waals surface area contributed by atoms with Gasteiger partial charge in [0.25, 0.3) is 0 Å². The number of rotatable bonds is 2. The van der Waals surface area contributed by atoms with Crippen molar-refractivity contribution in [3.8, 4) is 0 Å². The van der Waals surface area contributed by atoms with Crippen LogP contribution in [-0.2, 0) is 18.3 Å². The van der Waals surface area contributed by atoms with Crippen LogP contribution in [0.5, 0.6) is 0 Å². The molecule has 0 bridgehead atoms. The quantitative estimate of drug-likeness (QED) is 0.869. The van der Waals surface area contributed by atoms with Gasteiger partial charge in [-0.3, -0.25) is 0 Å². The molecule has 0 unspecified atom stereocenters. The van der Waals surface area contributed by atoms with Gasteiger partial charge in [-0.05, 0) is 48.8 Å². The average molecular weight is 265 g/mol. The fourth-order valence-electron chi connectivity index (χ4n) is 3.61. The maximum absolute atomic E-state index is 13.4. The Labute approximate surface area is 113 Å². The summed E-state index contributed by atoms with van der Waals surface area (Å²) < 4.78 is 26.8. The molecule has 0 amide bonds. The van der Waals surface area contributed by atoms with Gasteiger partial charge in [-0.2, -0.15) is 0 Å². The summed E-state index contributed by atoms with van der Waals surface area (Å²) in [5, 5.41) is 0. The smallest absolute Gasteiger partial charge is 0.248 e. The molecule has 3 heteroatoms. The molecule has 0 aromatic heterocycles. The second-order valence-corrected chi connectivity index (χ2v) is 6.18. The van der Waals surface area contributed by atoms with Crippen molar-refractivity contribution >= 4 is 0 Å². The monoisotopic (exact) mass is 265 g/mol.